The topological polar surface area (TPSA) is 35.5 Å². The van der Waals surface area contributed by atoms with Crippen molar-refractivity contribution in [1.29, 1.82) is 0 Å². The fourth-order valence-electron chi connectivity index (χ4n) is 1.67. The summed E-state index contributed by atoms with van der Waals surface area (Å²) < 4.78 is 0. The van der Waals surface area contributed by atoms with Gasteiger partial charge in [0.25, 0.3) is 0 Å². The van der Waals surface area contributed by atoms with Crippen LogP contribution in [0.1, 0.15) is 41.0 Å². The van der Waals surface area contributed by atoms with Gasteiger partial charge in [-0.15, -0.1) is 0 Å². The minimum atomic E-state index is 0.173. The second kappa shape index (κ2) is 6.58. The molecule has 0 aromatic heterocycles. The molecule has 0 fully saturated rings. The Morgan fingerprint density at radius 3 is 2.12 bits per heavy atom. The van der Waals surface area contributed by atoms with Crippen LogP contribution in [-0.4, -0.2) is 48.8 Å². The van der Waals surface area contributed by atoms with Gasteiger partial charge in [0.05, 0.1) is 6.61 Å². The molecule has 0 bridgehead atoms. The van der Waals surface area contributed by atoms with E-state index in [2.05, 4.69) is 51.9 Å². The Labute approximate surface area is 101 Å². The predicted octanol–water partition coefficient (Wildman–Crippen LogP) is 1.71. The molecule has 3 nitrogen and oxygen atoms in total. The van der Waals surface area contributed by atoms with E-state index in [0.717, 1.165) is 26.1 Å². The molecule has 1 unspecified atom stereocenters. The monoisotopic (exact) mass is 230 g/mol. The summed E-state index contributed by atoms with van der Waals surface area (Å²) in [4.78, 5) is 2.20. The SMILES string of the molecule is CCC(C)(CNC(C)(C)C)CN(C)CCO. The Bertz CT molecular complexity index is 189. The maximum Gasteiger partial charge on any atom is 0.0558 e. The van der Waals surface area contributed by atoms with Crippen molar-refractivity contribution in [2.75, 3.05) is 33.3 Å². The molecule has 0 aromatic carbocycles. The maximum atomic E-state index is 8.91. The summed E-state index contributed by atoms with van der Waals surface area (Å²) in [5.74, 6) is 0. The molecule has 0 aliphatic heterocycles. The van der Waals surface area contributed by atoms with E-state index in [9.17, 15) is 0 Å². The van der Waals surface area contributed by atoms with Crippen molar-refractivity contribution < 1.29 is 5.11 Å². The quantitative estimate of drug-likeness (QED) is 0.699. The maximum absolute atomic E-state index is 8.91. The lowest BCUT2D eigenvalue weighted by Gasteiger charge is -2.36. The van der Waals surface area contributed by atoms with Crippen LogP contribution in [0.4, 0.5) is 0 Å². The Kier molecular flexibility index (Phi) is 6.53. The highest BCUT2D eigenvalue weighted by Gasteiger charge is 2.25. The van der Waals surface area contributed by atoms with Crippen LogP contribution < -0.4 is 5.32 Å². The summed E-state index contributed by atoms with van der Waals surface area (Å²) in [5, 5.41) is 12.5. The van der Waals surface area contributed by atoms with Crippen LogP contribution >= 0.6 is 0 Å². The van der Waals surface area contributed by atoms with Gasteiger partial charge in [-0.1, -0.05) is 13.8 Å². The van der Waals surface area contributed by atoms with Gasteiger partial charge >= 0.3 is 0 Å². The summed E-state index contributed by atoms with van der Waals surface area (Å²) in [6, 6.07) is 0. The van der Waals surface area contributed by atoms with E-state index in [-0.39, 0.29) is 17.6 Å². The second-order valence-corrected chi connectivity index (χ2v) is 6.23. The van der Waals surface area contributed by atoms with Crippen LogP contribution in [0.25, 0.3) is 0 Å². The lowest BCUT2D eigenvalue weighted by atomic mass is 9.86. The molecule has 0 rings (SSSR count). The summed E-state index contributed by atoms with van der Waals surface area (Å²) in [5.41, 5.74) is 0.448. The van der Waals surface area contributed by atoms with Crippen molar-refractivity contribution in [2.45, 2.75) is 46.6 Å². The van der Waals surface area contributed by atoms with Crippen LogP contribution in [0.3, 0.4) is 0 Å². The van der Waals surface area contributed by atoms with Gasteiger partial charge in [0, 0.05) is 25.2 Å². The van der Waals surface area contributed by atoms with E-state index in [0.29, 0.717) is 0 Å². The van der Waals surface area contributed by atoms with Crippen LogP contribution in [0, 0.1) is 5.41 Å². The number of aliphatic hydroxyl groups is 1. The molecule has 0 saturated heterocycles. The first-order chi connectivity index (χ1) is 7.22. The van der Waals surface area contributed by atoms with Crippen LogP contribution in [-0.2, 0) is 0 Å². The summed E-state index contributed by atoms with van der Waals surface area (Å²) in [6.45, 7) is 14.2. The normalized spacial score (nSPS) is 16.5. The Morgan fingerprint density at radius 2 is 1.75 bits per heavy atom. The number of likely N-dealkylation sites (N-methyl/N-ethyl adjacent to an activating group) is 1. The first kappa shape index (κ1) is 15.9. The van der Waals surface area contributed by atoms with E-state index in [4.69, 9.17) is 5.11 Å². The van der Waals surface area contributed by atoms with Gasteiger partial charge in [-0.3, -0.25) is 0 Å². The van der Waals surface area contributed by atoms with Gasteiger partial charge in [0.15, 0.2) is 0 Å². The smallest absolute Gasteiger partial charge is 0.0558 e. The Morgan fingerprint density at radius 1 is 1.19 bits per heavy atom. The average Bonchev–Trinajstić information content (AvgIpc) is 2.14. The number of hydrogen-bond donors (Lipinski definition) is 2. The fraction of sp³-hybridized carbons (Fsp3) is 1.00. The molecule has 16 heavy (non-hydrogen) atoms. The number of nitrogens with one attached hydrogen (secondary N) is 1. The van der Waals surface area contributed by atoms with Gasteiger partial charge in [-0.2, -0.15) is 0 Å². The number of hydrogen-bond acceptors (Lipinski definition) is 3. The highest BCUT2D eigenvalue weighted by atomic mass is 16.3. The van der Waals surface area contributed by atoms with Gasteiger partial charge < -0.3 is 15.3 Å². The number of nitrogens with zero attached hydrogens (tertiary/aromatic N) is 1. The molecular formula is C13H30N2O. The first-order valence-electron chi connectivity index (χ1n) is 6.27. The Balaban J connectivity index is 4.20. The Hall–Kier alpha value is -0.120. The van der Waals surface area contributed by atoms with Gasteiger partial charge in [0.2, 0.25) is 0 Å². The molecule has 1 atom stereocenters. The van der Waals surface area contributed by atoms with Crippen molar-refractivity contribution in [3.05, 3.63) is 0 Å². The van der Waals surface area contributed by atoms with Crippen molar-refractivity contribution in [1.82, 2.24) is 10.2 Å². The zero-order valence-electron chi connectivity index (χ0n) is 11.9. The number of aliphatic hydroxyl groups excluding tert-OH is 1. The summed E-state index contributed by atoms with van der Waals surface area (Å²) in [6.07, 6.45) is 1.14. The van der Waals surface area contributed by atoms with Gasteiger partial charge in [0.1, 0.15) is 0 Å². The highest BCUT2D eigenvalue weighted by Crippen LogP contribution is 2.22. The molecule has 2 N–H and O–H groups in total. The van der Waals surface area contributed by atoms with Gasteiger partial charge in [-0.25, -0.2) is 0 Å². The molecule has 0 aliphatic carbocycles. The zero-order chi connectivity index (χ0) is 12.8. The van der Waals surface area contributed by atoms with E-state index in [1.807, 2.05) is 0 Å². The molecule has 0 saturated carbocycles. The average molecular weight is 230 g/mol. The zero-order valence-corrected chi connectivity index (χ0v) is 11.9. The molecule has 0 aromatic rings. The molecule has 98 valence electrons. The van der Waals surface area contributed by atoms with Crippen LogP contribution in [0.5, 0.6) is 0 Å². The molecular weight excluding hydrogens is 200 g/mol. The molecule has 0 radical (unpaired) electrons. The fourth-order valence-corrected chi connectivity index (χ4v) is 1.67. The van der Waals surface area contributed by atoms with Gasteiger partial charge in [-0.05, 0) is 39.7 Å². The standard InChI is InChI=1S/C13H30N2O/c1-7-13(5,10-14-12(2,3)4)11-15(6)8-9-16/h14,16H,7-11H2,1-6H3. The largest absolute Gasteiger partial charge is 0.395 e. The first-order valence-corrected chi connectivity index (χ1v) is 6.27. The van der Waals surface area contributed by atoms with Crippen molar-refractivity contribution in [3.8, 4) is 0 Å². The van der Waals surface area contributed by atoms with E-state index in [1.54, 1.807) is 0 Å². The minimum Gasteiger partial charge on any atom is -0.395 e. The summed E-state index contributed by atoms with van der Waals surface area (Å²) >= 11 is 0. The van der Waals surface area contributed by atoms with Crippen LogP contribution in [0.15, 0.2) is 0 Å². The van der Waals surface area contributed by atoms with E-state index >= 15 is 0 Å². The van der Waals surface area contributed by atoms with Crippen LogP contribution in [0.2, 0.25) is 0 Å². The molecule has 0 aliphatic rings. The van der Waals surface area contributed by atoms with Crippen molar-refractivity contribution in [2.24, 2.45) is 5.41 Å². The van der Waals surface area contributed by atoms with E-state index in [1.165, 1.54) is 0 Å². The van der Waals surface area contributed by atoms with E-state index < -0.39 is 0 Å². The molecule has 3 heteroatoms. The highest BCUT2D eigenvalue weighted by molar-refractivity contribution is 4.82. The number of rotatable bonds is 7. The third kappa shape index (κ3) is 7.20. The lowest BCUT2D eigenvalue weighted by molar-refractivity contribution is 0.145. The molecule has 0 heterocycles. The summed E-state index contributed by atoms with van der Waals surface area (Å²) in [7, 11) is 2.07. The predicted molar refractivity (Wildman–Crippen MR) is 70.7 cm³/mol. The lowest BCUT2D eigenvalue weighted by Crippen LogP contribution is -2.47. The third-order valence-electron chi connectivity index (χ3n) is 3.03. The minimum absolute atomic E-state index is 0.173. The third-order valence-corrected chi connectivity index (χ3v) is 3.03. The van der Waals surface area contributed by atoms with Crippen molar-refractivity contribution >= 4 is 0 Å². The second-order valence-electron chi connectivity index (χ2n) is 6.23. The van der Waals surface area contributed by atoms with Crippen molar-refractivity contribution in [3.63, 3.8) is 0 Å². The molecule has 0 amide bonds. The molecule has 0 spiro atoms.